The van der Waals surface area contributed by atoms with Gasteiger partial charge in [-0.2, -0.15) is 8.75 Å². The fraction of sp³-hybridized carbons (Fsp3) is 0.647. The molecule has 0 saturated heterocycles. The molecule has 0 radical (unpaired) electrons. The first kappa shape index (κ1) is 17.0. The summed E-state index contributed by atoms with van der Waals surface area (Å²) in [7, 11) is 1.69. The Kier molecular flexibility index (Phi) is 6.43. The van der Waals surface area contributed by atoms with Crippen LogP contribution in [0.15, 0.2) is 0 Å². The van der Waals surface area contributed by atoms with Crippen LogP contribution in [0.4, 0.5) is 0 Å². The second kappa shape index (κ2) is 8.32. The average molecular weight is 322 g/mol. The number of benzene rings is 1. The van der Waals surface area contributed by atoms with Crippen molar-refractivity contribution in [1.29, 1.82) is 0 Å². The van der Waals surface area contributed by atoms with Crippen LogP contribution in [0.3, 0.4) is 0 Å². The largest absolute Gasteiger partial charge is 0.492 e. The van der Waals surface area contributed by atoms with Crippen LogP contribution >= 0.6 is 11.7 Å². The Morgan fingerprint density at radius 1 is 0.864 bits per heavy atom. The number of fused-ring (bicyclic) bond motifs is 1. The Hall–Kier alpha value is -1.36. The van der Waals surface area contributed by atoms with E-state index in [0.717, 1.165) is 46.7 Å². The molecular weight excluding hydrogens is 296 g/mol. The lowest BCUT2D eigenvalue weighted by atomic mass is 10.1. The molecule has 0 aliphatic heterocycles. The van der Waals surface area contributed by atoms with E-state index < -0.39 is 0 Å². The number of aromatic nitrogens is 2. The van der Waals surface area contributed by atoms with Gasteiger partial charge in [0.25, 0.3) is 0 Å². The number of aryl methyl sites for hydroxylation is 2. The first-order chi connectivity index (χ1) is 10.7. The van der Waals surface area contributed by atoms with Crippen molar-refractivity contribution in [1.82, 2.24) is 8.75 Å². The lowest BCUT2D eigenvalue weighted by Gasteiger charge is -2.15. The van der Waals surface area contributed by atoms with Gasteiger partial charge in [0.05, 0.1) is 25.4 Å². The number of unbranched alkanes of at least 4 members (excludes halogenated alkanes) is 5. The highest BCUT2D eigenvalue weighted by atomic mass is 32.1. The lowest BCUT2D eigenvalue weighted by molar-refractivity contribution is 0.282. The minimum Gasteiger partial charge on any atom is -0.492 e. The zero-order valence-corrected chi connectivity index (χ0v) is 14.9. The van der Waals surface area contributed by atoms with Gasteiger partial charge in [-0.1, -0.05) is 39.0 Å². The van der Waals surface area contributed by atoms with Crippen molar-refractivity contribution in [3.8, 4) is 11.5 Å². The van der Waals surface area contributed by atoms with E-state index in [4.69, 9.17) is 9.47 Å². The second-order valence-corrected chi connectivity index (χ2v) is 6.22. The van der Waals surface area contributed by atoms with Crippen molar-refractivity contribution in [2.75, 3.05) is 13.7 Å². The number of ether oxygens (including phenoxy) is 2. The molecule has 0 N–H and O–H groups in total. The Morgan fingerprint density at radius 2 is 1.45 bits per heavy atom. The van der Waals surface area contributed by atoms with E-state index in [2.05, 4.69) is 15.7 Å². The van der Waals surface area contributed by atoms with Gasteiger partial charge in [0.15, 0.2) is 11.5 Å². The number of hydrogen-bond donors (Lipinski definition) is 0. The quantitative estimate of drug-likeness (QED) is 0.606. The number of methoxy groups -OCH3 is 1. The number of hydrogen-bond acceptors (Lipinski definition) is 5. The van der Waals surface area contributed by atoms with Crippen LogP contribution in [-0.4, -0.2) is 22.5 Å². The summed E-state index contributed by atoms with van der Waals surface area (Å²) in [6, 6.07) is 0. The molecule has 1 heterocycles. The van der Waals surface area contributed by atoms with Crippen molar-refractivity contribution in [3.05, 3.63) is 11.1 Å². The minimum atomic E-state index is 0.728. The highest BCUT2D eigenvalue weighted by Crippen LogP contribution is 2.40. The number of nitrogens with zero attached hydrogens (tertiary/aromatic N) is 2. The molecule has 22 heavy (non-hydrogen) atoms. The van der Waals surface area contributed by atoms with Gasteiger partial charge in [-0.25, -0.2) is 0 Å². The van der Waals surface area contributed by atoms with Gasteiger partial charge in [-0.3, -0.25) is 0 Å². The lowest BCUT2D eigenvalue weighted by Crippen LogP contribution is -2.03. The minimum absolute atomic E-state index is 0.728. The maximum Gasteiger partial charge on any atom is 0.166 e. The average Bonchev–Trinajstić information content (AvgIpc) is 3.01. The molecule has 0 saturated carbocycles. The van der Waals surface area contributed by atoms with Gasteiger partial charge >= 0.3 is 0 Å². The second-order valence-electron chi connectivity index (χ2n) is 5.69. The van der Waals surface area contributed by atoms with Crippen molar-refractivity contribution < 1.29 is 9.47 Å². The van der Waals surface area contributed by atoms with Crippen molar-refractivity contribution >= 4 is 22.8 Å². The zero-order chi connectivity index (χ0) is 15.9. The summed E-state index contributed by atoms with van der Waals surface area (Å²) in [6.45, 7) is 7.01. The molecule has 1 aromatic heterocycles. The molecule has 4 nitrogen and oxygen atoms in total. The van der Waals surface area contributed by atoms with Gasteiger partial charge < -0.3 is 9.47 Å². The Labute approximate surface area is 137 Å². The molecule has 122 valence electrons. The summed E-state index contributed by atoms with van der Waals surface area (Å²) in [4.78, 5) is 0. The molecule has 0 spiro atoms. The highest BCUT2D eigenvalue weighted by molar-refractivity contribution is 7.00. The van der Waals surface area contributed by atoms with Crippen LogP contribution in [0.1, 0.15) is 56.6 Å². The van der Waals surface area contributed by atoms with Crippen LogP contribution in [0.2, 0.25) is 0 Å². The van der Waals surface area contributed by atoms with Crippen LogP contribution in [0, 0.1) is 13.8 Å². The van der Waals surface area contributed by atoms with Crippen LogP contribution in [-0.2, 0) is 0 Å². The van der Waals surface area contributed by atoms with Crippen molar-refractivity contribution in [2.45, 2.75) is 59.3 Å². The van der Waals surface area contributed by atoms with Gasteiger partial charge in [0, 0.05) is 11.1 Å². The standard InChI is InChI=1S/C17H26N2O2S/c1-5-6-7-8-9-10-11-21-17-13(3)15-14(18-22-19-15)12(2)16(17)20-4/h5-11H2,1-4H3. The molecule has 0 bridgehead atoms. The van der Waals surface area contributed by atoms with Gasteiger partial charge in [-0.15, -0.1) is 0 Å². The van der Waals surface area contributed by atoms with Crippen LogP contribution in [0.25, 0.3) is 11.0 Å². The van der Waals surface area contributed by atoms with Crippen molar-refractivity contribution in [2.24, 2.45) is 0 Å². The maximum absolute atomic E-state index is 6.04. The molecule has 0 amide bonds. The van der Waals surface area contributed by atoms with Crippen molar-refractivity contribution in [3.63, 3.8) is 0 Å². The van der Waals surface area contributed by atoms with Crippen LogP contribution < -0.4 is 9.47 Å². The summed E-state index contributed by atoms with van der Waals surface area (Å²) in [5, 5.41) is 0. The zero-order valence-electron chi connectivity index (χ0n) is 14.1. The third-order valence-corrected chi connectivity index (χ3v) is 4.56. The summed E-state index contributed by atoms with van der Waals surface area (Å²) >= 11 is 1.24. The molecule has 2 rings (SSSR count). The van der Waals surface area contributed by atoms with E-state index in [1.54, 1.807) is 7.11 Å². The van der Waals surface area contributed by atoms with Crippen LogP contribution in [0.5, 0.6) is 11.5 Å². The molecule has 0 aliphatic carbocycles. The van der Waals surface area contributed by atoms with E-state index in [1.165, 1.54) is 43.8 Å². The summed E-state index contributed by atoms with van der Waals surface area (Å²) in [6.07, 6.45) is 7.55. The smallest absolute Gasteiger partial charge is 0.166 e. The topological polar surface area (TPSA) is 44.2 Å². The predicted octanol–water partition coefficient (Wildman–Crippen LogP) is 5.06. The van der Waals surface area contributed by atoms with Gasteiger partial charge in [0.1, 0.15) is 11.0 Å². The number of rotatable bonds is 9. The normalized spacial score (nSPS) is 11.1. The summed E-state index contributed by atoms with van der Waals surface area (Å²) < 4.78 is 20.3. The fourth-order valence-corrected chi connectivity index (χ4v) is 3.36. The van der Waals surface area contributed by atoms with Gasteiger partial charge in [0.2, 0.25) is 0 Å². The third-order valence-electron chi connectivity index (χ3n) is 4.03. The first-order valence-corrected chi connectivity index (χ1v) is 8.85. The van der Waals surface area contributed by atoms with E-state index in [0.29, 0.717) is 0 Å². The molecular formula is C17H26N2O2S. The fourth-order valence-electron chi connectivity index (χ4n) is 2.71. The predicted molar refractivity (Wildman–Crippen MR) is 92.3 cm³/mol. The Morgan fingerprint density at radius 3 is 2.09 bits per heavy atom. The Balaban J connectivity index is 2.02. The first-order valence-electron chi connectivity index (χ1n) is 8.12. The van der Waals surface area contributed by atoms with E-state index in [9.17, 15) is 0 Å². The molecule has 0 aliphatic rings. The van der Waals surface area contributed by atoms with E-state index in [1.807, 2.05) is 13.8 Å². The molecule has 1 aromatic carbocycles. The summed E-state index contributed by atoms with van der Waals surface area (Å²) in [5.74, 6) is 1.62. The SMILES string of the molecule is CCCCCCCCOc1c(OC)c(C)c2nsnc2c1C. The molecule has 2 aromatic rings. The van der Waals surface area contributed by atoms with Gasteiger partial charge in [-0.05, 0) is 20.3 Å². The van der Waals surface area contributed by atoms with E-state index in [-0.39, 0.29) is 0 Å². The molecule has 5 heteroatoms. The Bertz CT molecular complexity index is 610. The summed E-state index contributed by atoms with van der Waals surface area (Å²) in [5.41, 5.74) is 3.89. The molecule has 0 fully saturated rings. The third kappa shape index (κ3) is 3.69. The molecule has 0 unspecified atom stereocenters. The molecule has 0 atom stereocenters. The highest BCUT2D eigenvalue weighted by Gasteiger charge is 2.19. The monoisotopic (exact) mass is 322 g/mol. The maximum atomic E-state index is 6.04. The van der Waals surface area contributed by atoms with E-state index >= 15 is 0 Å².